The zero-order valence-corrected chi connectivity index (χ0v) is 12.2. The molecule has 0 radical (unpaired) electrons. The first kappa shape index (κ1) is 16.1. The van der Waals surface area contributed by atoms with Crippen molar-refractivity contribution in [2.45, 2.75) is 39.3 Å². The van der Waals surface area contributed by atoms with Crippen LogP contribution in [0.3, 0.4) is 0 Å². The van der Waals surface area contributed by atoms with Crippen molar-refractivity contribution < 1.29 is 14.5 Å². The molecule has 0 fully saturated rings. The molecule has 1 unspecified atom stereocenters. The maximum Gasteiger partial charge on any atom is 0.269 e. The Morgan fingerprint density at radius 1 is 1.45 bits per heavy atom. The minimum atomic E-state index is -0.458. The van der Waals surface area contributed by atoms with Gasteiger partial charge in [-0.1, -0.05) is 12.1 Å². The van der Waals surface area contributed by atoms with E-state index in [1.54, 1.807) is 19.1 Å². The smallest absolute Gasteiger partial charge is 0.269 e. The zero-order chi connectivity index (χ0) is 15.3. The lowest BCUT2D eigenvalue weighted by Gasteiger charge is -2.20. The Hall–Kier alpha value is -1.95. The molecule has 0 spiro atoms. The summed E-state index contributed by atoms with van der Waals surface area (Å²) in [5, 5.41) is 13.5. The van der Waals surface area contributed by atoms with E-state index >= 15 is 0 Å². The first-order valence-corrected chi connectivity index (χ1v) is 6.37. The molecule has 0 aliphatic carbocycles. The highest BCUT2D eigenvalue weighted by Gasteiger charge is 2.16. The predicted molar refractivity (Wildman–Crippen MR) is 75.4 cm³/mol. The van der Waals surface area contributed by atoms with E-state index in [1.807, 2.05) is 20.8 Å². The fraction of sp³-hybridized carbons (Fsp3) is 0.500. The third-order valence-corrected chi connectivity index (χ3v) is 2.59. The summed E-state index contributed by atoms with van der Waals surface area (Å²) in [4.78, 5) is 22.0. The molecule has 1 atom stereocenters. The molecule has 1 amide bonds. The molecule has 0 aliphatic rings. The second-order valence-corrected chi connectivity index (χ2v) is 5.54. The molecule has 20 heavy (non-hydrogen) atoms. The molecule has 0 saturated carbocycles. The Labute approximate surface area is 118 Å². The molecule has 0 bridgehead atoms. The second kappa shape index (κ2) is 6.47. The average Bonchev–Trinajstić information content (AvgIpc) is 2.35. The molecule has 110 valence electrons. The number of hydrogen-bond acceptors (Lipinski definition) is 4. The van der Waals surface area contributed by atoms with Gasteiger partial charge in [-0.05, 0) is 33.3 Å². The van der Waals surface area contributed by atoms with Crippen LogP contribution in [0.15, 0.2) is 24.3 Å². The van der Waals surface area contributed by atoms with Crippen LogP contribution >= 0.6 is 0 Å². The summed E-state index contributed by atoms with van der Waals surface area (Å²) in [7, 11) is 0. The number of nitro groups is 1. The molecule has 0 aliphatic heterocycles. The molecule has 6 heteroatoms. The number of ether oxygens (including phenoxy) is 1. The van der Waals surface area contributed by atoms with Gasteiger partial charge in [-0.3, -0.25) is 14.9 Å². The van der Waals surface area contributed by atoms with E-state index in [0.717, 1.165) is 0 Å². The predicted octanol–water partition coefficient (Wildman–Crippen LogP) is 2.59. The highest BCUT2D eigenvalue weighted by Crippen LogP contribution is 2.18. The lowest BCUT2D eigenvalue weighted by atomic mass is 10.1. The van der Waals surface area contributed by atoms with Crippen LogP contribution in [-0.2, 0) is 9.53 Å². The van der Waals surface area contributed by atoms with E-state index in [1.165, 1.54) is 12.1 Å². The van der Waals surface area contributed by atoms with Crippen molar-refractivity contribution in [3.8, 4) is 0 Å². The number of nitrogens with one attached hydrogen (secondary N) is 1. The Morgan fingerprint density at radius 2 is 2.10 bits per heavy atom. The molecular weight excluding hydrogens is 260 g/mol. The summed E-state index contributed by atoms with van der Waals surface area (Å²) >= 11 is 0. The molecule has 1 aromatic carbocycles. The highest BCUT2D eigenvalue weighted by atomic mass is 16.6. The fourth-order valence-electron chi connectivity index (χ4n) is 1.56. The fourth-order valence-corrected chi connectivity index (χ4v) is 1.56. The van der Waals surface area contributed by atoms with Gasteiger partial charge in [0.25, 0.3) is 5.69 Å². The third-order valence-electron chi connectivity index (χ3n) is 2.59. The van der Waals surface area contributed by atoms with Crippen molar-refractivity contribution in [1.82, 2.24) is 5.32 Å². The molecule has 1 rings (SSSR count). The first-order valence-electron chi connectivity index (χ1n) is 6.37. The molecule has 0 aromatic heterocycles. The monoisotopic (exact) mass is 280 g/mol. The van der Waals surface area contributed by atoms with Gasteiger partial charge in [-0.25, -0.2) is 0 Å². The van der Waals surface area contributed by atoms with Crippen molar-refractivity contribution in [2.75, 3.05) is 6.61 Å². The topological polar surface area (TPSA) is 81.5 Å². The second-order valence-electron chi connectivity index (χ2n) is 5.54. The number of carbonyl (C=O) groups excluding carboxylic acids is 1. The number of nitro benzene ring substituents is 1. The first-order chi connectivity index (χ1) is 9.19. The number of amides is 1. The lowest BCUT2D eigenvalue weighted by molar-refractivity contribution is -0.384. The van der Waals surface area contributed by atoms with E-state index in [0.29, 0.717) is 5.56 Å². The number of nitrogens with zero attached hydrogens (tertiary/aromatic N) is 1. The Morgan fingerprint density at radius 3 is 2.65 bits per heavy atom. The summed E-state index contributed by atoms with van der Waals surface area (Å²) in [5.74, 6) is -0.251. The van der Waals surface area contributed by atoms with Crippen LogP contribution in [0.4, 0.5) is 5.69 Å². The van der Waals surface area contributed by atoms with Gasteiger partial charge in [0, 0.05) is 12.1 Å². The van der Waals surface area contributed by atoms with Crippen LogP contribution in [0.1, 0.15) is 39.3 Å². The Balaban J connectivity index is 2.62. The quantitative estimate of drug-likeness (QED) is 0.664. The van der Waals surface area contributed by atoms with Crippen LogP contribution in [0, 0.1) is 10.1 Å². The molecule has 1 aromatic rings. The number of benzene rings is 1. The standard InChI is InChI=1S/C14H20N2O4/c1-10(15-13(17)9-20-14(2,3)4)11-6-5-7-12(8-11)16(18)19/h5-8,10H,9H2,1-4H3,(H,15,17). The maximum atomic E-state index is 11.7. The normalized spacial score (nSPS) is 12.8. The number of hydrogen-bond donors (Lipinski definition) is 1. The maximum absolute atomic E-state index is 11.7. The van der Waals surface area contributed by atoms with Crippen molar-refractivity contribution in [2.24, 2.45) is 0 Å². The Bertz CT molecular complexity index is 494. The third kappa shape index (κ3) is 5.36. The van der Waals surface area contributed by atoms with Crippen molar-refractivity contribution in [3.05, 3.63) is 39.9 Å². The number of rotatable bonds is 5. The summed E-state index contributed by atoms with van der Waals surface area (Å²) in [6.07, 6.45) is 0. The largest absolute Gasteiger partial charge is 0.366 e. The number of carbonyl (C=O) groups is 1. The minimum Gasteiger partial charge on any atom is -0.366 e. The molecule has 0 saturated heterocycles. The molecule has 6 nitrogen and oxygen atoms in total. The molecule has 0 heterocycles. The summed E-state index contributed by atoms with van der Waals surface area (Å²) in [6.45, 7) is 7.33. The summed E-state index contributed by atoms with van der Waals surface area (Å²) in [6, 6.07) is 5.90. The SMILES string of the molecule is CC(NC(=O)COC(C)(C)C)c1cccc([N+](=O)[O-])c1. The van der Waals surface area contributed by atoms with Gasteiger partial charge in [-0.2, -0.15) is 0 Å². The minimum absolute atomic E-state index is 0.00883. The van der Waals surface area contributed by atoms with E-state index in [-0.39, 0.29) is 29.8 Å². The van der Waals surface area contributed by atoms with Crippen molar-refractivity contribution in [1.29, 1.82) is 0 Å². The van der Waals surface area contributed by atoms with E-state index in [9.17, 15) is 14.9 Å². The van der Waals surface area contributed by atoms with E-state index in [4.69, 9.17) is 4.74 Å². The van der Waals surface area contributed by atoms with Gasteiger partial charge in [0.15, 0.2) is 0 Å². The Kier molecular flexibility index (Phi) is 5.21. The van der Waals surface area contributed by atoms with Gasteiger partial charge in [0.1, 0.15) is 6.61 Å². The van der Waals surface area contributed by atoms with Gasteiger partial charge in [0.05, 0.1) is 16.6 Å². The van der Waals surface area contributed by atoms with E-state index in [2.05, 4.69) is 5.32 Å². The average molecular weight is 280 g/mol. The van der Waals surface area contributed by atoms with Gasteiger partial charge in [-0.15, -0.1) is 0 Å². The summed E-state index contributed by atoms with van der Waals surface area (Å²) in [5.41, 5.74) is 0.310. The highest BCUT2D eigenvalue weighted by molar-refractivity contribution is 5.77. The van der Waals surface area contributed by atoms with E-state index < -0.39 is 4.92 Å². The van der Waals surface area contributed by atoms with Crippen molar-refractivity contribution >= 4 is 11.6 Å². The van der Waals surface area contributed by atoms with Gasteiger partial charge in [0.2, 0.25) is 5.91 Å². The lowest BCUT2D eigenvalue weighted by Crippen LogP contribution is -2.33. The molecule has 1 N–H and O–H groups in total. The van der Waals surface area contributed by atoms with Crippen LogP contribution in [0.25, 0.3) is 0 Å². The van der Waals surface area contributed by atoms with Crippen LogP contribution in [0.5, 0.6) is 0 Å². The number of non-ortho nitro benzene ring substituents is 1. The van der Waals surface area contributed by atoms with Crippen LogP contribution < -0.4 is 5.32 Å². The summed E-state index contributed by atoms with van der Waals surface area (Å²) < 4.78 is 5.37. The zero-order valence-electron chi connectivity index (χ0n) is 12.2. The van der Waals surface area contributed by atoms with Gasteiger partial charge >= 0.3 is 0 Å². The molecular formula is C14H20N2O4. The van der Waals surface area contributed by atoms with Gasteiger partial charge < -0.3 is 10.1 Å². The van der Waals surface area contributed by atoms with Crippen LogP contribution in [0.2, 0.25) is 0 Å². The van der Waals surface area contributed by atoms with Crippen molar-refractivity contribution in [3.63, 3.8) is 0 Å². The van der Waals surface area contributed by atoms with Crippen LogP contribution in [-0.4, -0.2) is 23.0 Å².